The number of anilines is 1. The minimum atomic E-state index is -0.0869. The SMILES string of the molecule is O=c1[nH]c(N2CCC(c3nnc4ccccn34)CC2)nc2ccccc12. The molecule has 0 radical (unpaired) electrons. The topological polar surface area (TPSA) is 79.2 Å². The summed E-state index contributed by atoms with van der Waals surface area (Å²) < 4.78 is 2.07. The molecular weight excluding hydrogens is 328 g/mol. The molecule has 1 N–H and O–H groups in total. The molecule has 0 saturated carbocycles. The molecule has 1 aliphatic rings. The van der Waals surface area contributed by atoms with Gasteiger partial charge in [-0.05, 0) is 37.1 Å². The van der Waals surface area contributed by atoms with Crippen molar-refractivity contribution in [3.63, 3.8) is 0 Å². The van der Waals surface area contributed by atoms with Crippen molar-refractivity contribution in [2.45, 2.75) is 18.8 Å². The van der Waals surface area contributed by atoms with E-state index in [9.17, 15) is 4.79 Å². The summed E-state index contributed by atoms with van der Waals surface area (Å²) in [6, 6.07) is 13.4. The Morgan fingerprint density at radius 2 is 1.81 bits per heavy atom. The molecule has 0 bridgehead atoms. The lowest BCUT2D eigenvalue weighted by molar-refractivity contribution is 0.478. The number of hydrogen-bond acceptors (Lipinski definition) is 5. The summed E-state index contributed by atoms with van der Waals surface area (Å²) in [5, 5.41) is 9.28. The van der Waals surface area contributed by atoms with E-state index < -0.39 is 0 Å². The van der Waals surface area contributed by atoms with Crippen molar-refractivity contribution >= 4 is 22.5 Å². The van der Waals surface area contributed by atoms with Gasteiger partial charge in [-0.3, -0.25) is 14.2 Å². The van der Waals surface area contributed by atoms with E-state index in [4.69, 9.17) is 0 Å². The first kappa shape index (κ1) is 15.1. The van der Waals surface area contributed by atoms with Crippen LogP contribution in [0, 0.1) is 0 Å². The molecule has 3 aromatic heterocycles. The molecule has 130 valence electrons. The van der Waals surface area contributed by atoms with Crippen LogP contribution in [0.4, 0.5) is 5.95 Å². The summed E-state index contributed by atoms with van der Waals surface area (Å²) in [5.41, 5.74) is 1.53. The molecule has 1 saturated heterocycles. The number of H-pyrrole nitrogens is 1. The fourth-order valence-electron chi connectivity index (χ4n) is 3.71. The van der Waals surface area contributed by atoms with Crippen molar-refractivity contribution in [1.29, 1.82) is 0 Å². The predicted molar refractivity (Wildman–Crippen MR) is 99.5 cm³/mol. The number of nitrogens with one attached hydrogen (secondary N) is 1. The number of fused-ring (bicyclic) bond motifs is 2. The second-order valence-electron chi connectivity index (χ2n) is 6.66. The lowest BCUT2D eigenvalue weighted by atomic mass is 9.96. The molecule has 26 heavy (non-hydrogen) atoms. The number of benzene rings is 1. The van der Waals surface area contributed by atoms with Crippen molar-refractivity contribution in [3.05, 3.63) is 64.8 Å². The van der Waals surface area contributed by atoms with E-state index in [1.807, 2.05) is 42.6 Å². The fraction of sp³-hybridized carbons (Fsp3) is 0.263. The molecule has 5 rings (SSSR count). The van der Waals surface area contributed by atoms with Crippen LogP contribution in [0.2, 0.25) is 0 Å². The third-order valence-corrected chi connectivity index (χ3v) is 5.10. The summed E-state index contributed by atoms with van der Waals surface area (Å²) in [6.07, 6.45) is 3.91. The van der Waals surface area contributed by atoms with E-state index in [1.54, 1.807) is 6.07 Å². The van der Waals surface area contributed by atoms with Crippen LogP contribution in [0.15, 0.2) is 53.5 Å². The van der Waals surface area contributed by atoms with Gasteiger partial charge in [-0.15, -0.1) is 10.2 Å². The van der Waals surface area contributed by atoms with Gasteiger partial charge in [0.1, 0.15) is 5.82 Å². The number of nitrogens with zero attached hydrogens (tertiary/aromatic N) is 5. The first-order chi connectivity index (χ1) is 12.8. The van der Waals surface area contributed by atoms with Crippen molar-refractivity contribution < 1.29 is 0 Å². The molecule has 0 aliphatic carbocycles. The van der Waals surface area contributed by atoms with Crippen LogP contribution in [0.5, 0.6) is 0 Å². The fourth-order valence-corrected chi connectivity index (χ4v) is 3.71. The van der Waals surface area contributed by atoms with Crippen molar-refractivity contribution in [3.8, 4) is 0 Å². The van der Waals surface area contributed by atoms with E-state index in [2.05, 4.69) is 29.5 Å². The Morgan fingerprint density at radius 3 is 2.69 bits per heavy atom. The Kier molecular flexibility index (Phi) is 3.44. The highest BCUT2D eigenvalue weighted by molar-refractivity contribution is 5.78. The summed E-state index contributed by atoms with van der Waals surface area (Å²) >= 11 is 0. The predicted octanol–water partition coefficient (Wildman–Crippen LogP) is 2.35. The average molecular weight is 346 g/mol. The number of rotatable bonds is 2. The molecule has 0 amide bonds. The standard InChI is InChI=1S/C19H18N6O/c26-18-14-5-1-2-6-15(14)20-19(21-18)24-11-8-13(9-12-24)17-23-22-16-7-3-4-10-25(16)17/h1-7,10,13H,8-9,11-12H2,(H,20,21,26). The van der Waals surface area contributed by atoms with Gasteiger partial charge in [0.2, 0.25) is 5.95 Å². The number of aromatic amines is 1. The van der Waals surface area contributed by atoms with Gasteiger partial charge in [-0.25, -0.2) is 4.98 Å². The Labute approximate surface area is 149 Å². The highest BCUT2D eigenvalue weighted by Crippen LogP contribution is 2.28. The zero-order valence-electron chi connectivity index (χ0n) is 14.2. The molecule has 7 heteroatoms. The third kappa shape index (κ3) is 2.44. The zero-order valence-corrected chi connectivity index (χ0v) is 14.2. The normalized spacial score (nSPS) is 15.8. The maximum atomic E-state index is 12.3. The Hall–Kier alpha value is -3.22. The second-order valence-corrected chi connectivity index (χ2v) is 6.66. The van der Waals surface area contributed by atoms with E-state index in [0.717, 1.165) is 42.9 Å². The maximum absolute atomic E-state index is 12.3. The molecule has 0 unspecified atom stereocenters. The van der Waals surface area contributed by atoms with Crippen molar-refractivity contribution in [1.82, 2.24) is 24.6 Å². The minimum absolute atomic E-state index is 0.0869. The van der Waals surface area contributed by atoms with Gasteiger partial charge in [0.05, 0.1) is 10.9 Å². The van der Waals surface area contributed by atoms with Gasteiger partial charge < -0.3 is 4.90 Å². The van der Waals surface area contributed by atoms with Gasteiger partial charge in [0.25, 0.3) is 5.56 Å². The quantitative estimate of drug-likeness (QED) is 0.603. The van der Waals surface area contributed by atoms with E-state index >= 15 is 0 Å². The van der Waals surface area contributed by atoms with Crippen LogP contribution in [-0.2, 0) is 0 Å². The average Bonchev–Trinajstić information content (AvgIpc) is 3.12. The first-order valence-corrected chi connectivity index (χ1v) is 8.83. The molecular formula is C19H18N6O. The highest BCUT2D eigenvalue weighted by Gasteiger charge is 2.25. The summed E-state index contributed by atoms with van der Waals surface area (Å²) in [6.45, 7) is 1.65. The van der Waals surface area contributed by atoms with Gasteiger partial charge >= 0.3 is 0 Å². The molecule has 7 nitrogen and oxygen atoms in total. The Morgan fingerprint density at radius 1 is 1.00 bits per heavy atom. The molecule has 1 fully saturated rings. The number of para-hydroxylation sites is 1. The molecule has 0 atom stereocenters. The summed E-state index contributed by atoms with van der Waals surface area (Å²) in [4.78, 5) is 22.0. The molecule has 0 spiro atoms. The Balaban J connectivity index is 1.40. The maximum Gasteiger partial charge on any atom is 0.260 e. The zero-order chi connectivity index (χ0) is 17.5. The van der Waals surface area contributed by atoms with Crippen LogP contribution < -0.4 is 10.5 Å². The molecule has 4 heterocycles. The van der Waals surface area contributed by atoms with Crippen LogP contribution in [-0.4, -0.2) is 37.7 Å². The van der Waals surface area contributed by atoms with E-state index in [1.165, 1.54) is 0 Å². The third-order valence-electron chi connectivity index (χ3n) is 5.10. The molecule has 4 aromatic rings. The smallest absolute Gasteiger partial charge is 0.260 e. The van der Waals surface area contributed by atoms with E-state index in [-0.39, 0.29) is 5.56 Å². The second kappa shape index (κ2) is 5.94. The molecule has 1 aromatic carbocycles. The minimum Gasteiger partial charge on any atom is -0.342 e. The number of aromatic nitrogens is 5. The summed E-state index contributed by atoms with van der Waals surface area (Å²) in [7, 11) is 0. The van der Waals surface area contributed by atoms with Gasteiger partial charge in [-0.1, -0.05) is 18.2 Å². The van der Waals surface area contributed by atoms with Crippen LogP contribution in [0.3, 0.4) is 0 Å². The van der Waals surface area contributed by atoms with Gasteiger partial charge in [-0.2, -0.15) is 0 Å². The molecule has 1 aliphatic heterocycles. The number of piperidine rings is 1. The number of pyridine rings is 1. The van der Waals surface area contributed by atoms with Gasteiger partial charge in [0, 0.05) is 25.2 Å². The highest BCUT2D eigenvalue weighted by atomic mass is 16.1. The lowest BCUT2D eigenvalue weighted by Crippen LogP contribution is -2.35. The number of hydrogen-bond donors (Lipinski definition) is 1. The van der Waals surface area contributed by atoms with E-state index in [0.29, 0.717) is 17.3 Å². The van der Waals surface area contributed by atoms with Crippen LogP contribution in [0.1, 0.15) is 24.6 Å². The first-order valence-electron chi connectivity index (χ1n) is 8.83. The van der Waals surface area contributed by atoms with Crippen molar-refractivity contribution in [2.75, 3.05) is 18.0 Å². The largest absolute Gasteiger partial charge is 0.342 e. The van der Waals surface area contributed by atoms with Crippen LogP contribution in [0.25, 0.3) is 16.6 Å². The van der Waals surface area contributed by atoms with Gasteiger partial charge in [0.15, 0.2) is 5.65 Å². The van der Waals surface area contributed by atoms with Crippen molar-refractivity contribution in [2.24, 2.45) is 0 Å². The lowest BCUT2D eigenvalue weighted by Gasteiger charge is -2.31. The summed E-state index contributed by atoms with van der Waals surface area (Å²) in [5.74, 6) is 2.02. The van der Waals surface area contributed by atoms with Crippen LogP contribution >= 0.6 is 0 Å². The monoisotopic (exact) mass is 346 g/mol. The Bertz CT molecular complexity index is 1140.